The van der Waals surface area contributed by atoms with Gasteiger partial charge in [0.15, 0.2) is 23.0 Å². The molecule has 0 fully saturated rings. The lowest BCUT2D eigenvalue weighted by atomic mass is 9.92. The fraction of sp³-hybridized carbons (Fsp3) is 0.385. The van der Waals surface area contributed by atoms with Gasteiger partial charge in [0.1, 0.15) is 56.6 Å². The molecule has 4 aromatic rings. The highest BCUT2D eigenvalue weighted by atomic mass is 32.1. The number of carboxylic acid groups (broad SMARTS) is 4. The van der Waals surface area contributed by atoms with Crippen LogP contribution in [0, 0.1) is 5.41 Å². The molecule has 0 spiro atoms. The van der Waals surface area contributed by atoms with Crippen LogP contribution in [0.2, 0.25) is 0 Å². The van der Waals surface area contributed by atoms with E-state index in [-0.39, 0.29) is 65.6 Å². The van der Waals surface area contributed by atoms with E-state index in [0.29, 0.717) is 36.2 Å². The van der Waals surface area contributed by atoms with Crippen LogP contribution >= 0.6 is 22.7 Å². The summed E-state index contributed by atoms with van der Waals surface area (Å²) in [6.45, 7) is 12.5. The zero-order valence-corrected chi connectivity index (χ0v) is 32.5. The molecule has 2 aromatic carbocycles. The van der Waals surface area contributed by atoms with Crippen LogP contribution in [0.5, 0.6) is 34.5 Å². The molecule has 4 heterocycles. The second-order valence-electron chi connectivity index (χ2n) is 15.4. The van der Waals surface area contributed by atoms with Gasteiger partial charge in [0, 0.05) is 10.8 Å². The minimum atomic E-state index is -1.36. The van der Waals surface area contributed by atoms with E-state index in [0.717, 1.165) is 31.6 Å². The summed E-state index contributed by atoms with van der Waals surface area (Å²) >= 11 is 3.07. The van der Waals surface area contributed by atoms with Gasteiger partial charge in [0.2, 0.25) is 0 Å². The average Bonchev–Trinajstić information content (AvgIpc) is 3.64. The molecule has 0 bridgehead atoms. The molecule has 0 amide bonds. The zero-order chi connectivity index (χ0) is 40.0. The van der Waals surface area contributed by atoms with Gasteiger partial charge in [-0.25, -0.2) is 19.2 Å². The Bertz CT molecular complexity index is 2040. The van der Waals surface area contributed by atoms with Crippen LogP contribution in [-0.2, 0) is 10.8 Å². The van der Waals surface area contributed by atoms with E-state index in [2.05, 4.69) is 20.8 Å². The van der Waals surface area contributed by atoms with Crippen molar-refractivity contribution in [1.82, 2.24) is 0 Å². The molecule has 0 unspecified atom stereocenters. The van der Waals surface area contributed by atoms with Gasteiger partial charge >= 0.3 is 23.9 Å². The highest BCUT2D eigenvalue weighted by Gasteiger charge is 2.43. The van der Waals surface area contributed by atoms with Crippen LogP contribution in [0.1, 0.15) is 92.7 Å². The number of benzene rings is 2. The fourth-order valence-corrected chi connectivity index (χ4v) is 8.55. The molecule has 2 aliphatic rings. The molecule has 0 aliphatic carbocycles. The first-order valence-corrected chi connectivity index (χ1v) is 18.7. The van der Waals surface area contributed by atoms with Crippen molar-refractivity contribution in [2.45, 2.75) is 52.4 Å². The quantitative estimate of drug-likeness (QED) is 0.116. The zero-order valence-electron chi connectivity index (χ0n) is 30.9. The second-order valence-corrected chi connectivity index (χ2v) is 17.4. The highest BCUT2D eigenvalue weighted by Crippen LogP contribution is 2.61. The third kappa shape index (κ3) is 8.15. The number of fused-ring (bicyclic) bond motifs is 2. The van der Waals surface area contributed by atoms with E-state index in [1.54, 1.807) is 11.3 Å². The summed E-state index contributed by atoms with van der Waals surface area (Å²) < 4.78 is 37.9. The molecular weight excluding hydrogens is 757 g/mol. The smallest absolute Gasteiger partial charge is 0.335 e. The molecule has 0 radical (unpaired) electrons. The number of rotatable bonds is 11. The minimum absolute atomic E-state index is 0.0516. The maximum absolute atomic E-state index is 11.8. The third-order valence-corrected chi connectivity index (χ3v) is 12.0. The molecule has 4 N–H and O–H groups in total. The maximum atomic E-state index is 11.8. The molecule has 0 atom stereocenters. The first kappa shape index (κ1) is 39.2. The van der Waals surface area contributed by atoms with Crippen molar-refractivity contribution in [3.05, 3.63) is 68.4 Å². The van der Waals surface area contributed by atoms with Crippen molar-refractivity contribution in [1.29, 1.82) is 0 Å². The molecule has 2 aromatic heterocycles. The molecule has 6 rings (SSSR count). The molecule has 2 aliphatic heterocycles. The van der Waals surface area contributed by atoms with Gasteiger partial charge < -0.3 is 48.8 Å². The van der Waals surface area contributed by atoms with Crippen molar-refractivity contribution >= 4 is 46.6 Å². The summed E-state index contributed by atoms with van der Waals surface area (Å²) in [6, 6.07) is 6.80. The molecule has 14 nitrogen and oxygen atoms in total. The van der Waals surface area contributed by atoms with Crippen molar-refractivity contribution in [2.24, 2.45) is 5.41 Å². The summed E-state index contributed by atoms with van der Waals surface area (Å²) in [6.07, 6.45) is 0. The van der Waals surface area contributed by atoms with E-state index in [4.69, 9.17) is 28.4 Å². The molecule has 55 heavy (non-hydrogen) atoms. The predicted octanol–water partition coefficient (Wildman–Crippen LogP) is 7.55. The van der Waals surface area contributed by atoms with Crippen molar-refractivity contribution < 1.29 is 68.0 Å². The van der Waals surface area contributed by atoms with E-state index >= 15 is 0 Å². The first-order valence-electron chi connectivity index (χ1n) is 17.1. The lowest BCUT2D eigenvalue weighted by Gasteiger charge is -2.31. The van der Waals surface area contributed by atoms with E-state index < -0.39 is 34.7 Å². The van der Waals surface area contributed by atoms with Crippen molar-refractivity contribution in [2.75, 3.05) is 39.6 Å². The number of ether oxygens (including phenoxy) is 6. The van der Waals surface area contributed by atoms with Gasteiger partial charge in [-0.05, 0) is 36.4 Å². The SMILES string of the molecule is CC(C)(C)c1sc(-c2sc(C(C)(C)C)c3c2OCC(COc2cc(C(=O)O)cc(C(=O)O)c2)(COc2cc(C(=O)O)cc(C(=O)O)c2)CO3)c2c1OCCO2. The maximum Gasteiger partial charge on any atom is 0.335 e. The van der Waals surface area contributed by atoms with Crippen LogP contribution < -0.4 is 28.4 Å². The van der Waals surface area contributed by atoms with Gasteiger partial charge in [-0.15, -0.1) is 22.7 Å². The third-order valence-electron chi connectivity index (χ3n) is 8.73. The van der Waals surface area contributed by atoms with Gasteiger partial charge in [-0.3, -0.25) is 0 Å². The van der Waals surface area contributed by atoms with Crippen LogP contribution in [0.4, 0.5) is 0 Å². The average molecular weight is 797 g/mol. The molecule has 0 saturated carbocycles. The Hall–Kier alpha value is -5.48. The Kier molecular flexibility index (Phi) is 10.4. The van der Waals surface area contributed by atoms with E-state index in [1.807, 2.05) is 20.8 Å². The second kappa shape index (κ2) is 14.6. The number of hydrogen-bond donors (Lipinski definition) is 4. The van der Waals surface area contributed by atoms with E-state index in [1.165, 1.54) is 35.6 Å². The van der Waals surface area contributed by atoms with Gasteiger partial charge in [-0.2, -0.15) is 0 Å². The summed E-state index contributed by atoms with van der Waals surface area (Å²) in [5.41, 5.74) is -3.11. The lowest BCUT2D eigenvalue weighted by molar-refractivity contribution is 0.00902. The summed E-state index contributed by atoms with van der Waals surface area (Å²) in [4.78, 5) is 50.9. The number of thiophene rings is 2. The lowest BCUT2D eigenvalue weighted by Crippen LogP contribution is -2.44. The Morgan fingerprint density at radius 2 is 0.891 bits per heavy atom. The normalized spacial score (nSPS) is 14.8. The molecule has 16 heteroatoms. The fourth-order valence-electron chi connectivity index (χ4n) is 5.93. The van der Waals surface area contributed by atoms with Crippen LogP contribution in [-0.4, -0.2) is 83.9 Å². The monoisotopic (exact) mass is 796 g/mol. The van der Waals surface area contributed by atoms with Crippen molar-refractivity contribution in [3.63, 3.8) is 0 Å². The van der Waals surface area contributed by atoms with Gasteiger partial charge in [0.25, 0.3) is 0 Å². The summed E-state index contributed by atoms with van der Waals surface area (Å²) in [7, 11) is 0. The Morgan fingerprint density at radius 3 is 1.25 bits per heavy atom. The molecular formula is C39H40O14S2. The van der Waals surface area contributed by atoms with E-state index in [9.17, 15) is 39.6 Å². The van der Waals surface area contributed by atoms with Gasteiger partial charge in [-0.1, -0.05) is 41.5 Å². The summed E-state index contributed by atoms with van der Waals surface area (Å²) in [5, 5.41) is 38.6. The highest BCUT2D eigenvalue weighted by molar-refractivity contribution is 7.23. The van der Waals surface area contributed by atoms with Crippen LogP contribution in [0.25, 0.3) is 9.75 Å². The first-order chi connectivity index (χ1) is 25.8. The Balaban J connectivity index is 1.43. The number of carboxylic acids is 4. The number of carbonyl (C=O) groups is 4. The molecule has 0 saturated heterocycles. The standard InChI is InChI=1S/C39H40O14S2/c1-37(2,3)31-27-25(48-7-8-49-27)29(54-31)30-26-28(32(55-30)38(4,5)6)53-18-39(17-52-26,15-50-23-11-19(33(40)41)9-20(12-23)34(42)43)16-51-24-13-21(35(44)45)10-22(14-24)36(46)47/h9-14H,7-8,15-18H2,1-6H3,(H,40,41)(H,42,43)(H,44,45)(H,46,47). The number of aromatic carboxylic acids is 4. The van der Waals surface area contributed by atoms with Crippen LogP contribution in [0.3, 0.4) is 0 Å². The Labute approximate surface area is 323 Å². The predicted molar refractivity (Wildman–Crippen MR) is 201 cm³/mol. The summed E-state index contributed by atoms with van der Waals surface area (Å²) in [5.74, 6) is -3.26. The Morgan fingerprint density at radius 1 is 0.564 bits per heavy atom. The number of hydrogen-bond acceptors (Lipinski definition) is 12. The van der Waals surface area contributed by atoms with Crippen molar-refractivity contribution in [3.8, 4) is 44.3 Å². The largest absolute Gasteiger partial charge is 0.493 e. The minimum Gasteiger partial charge on any atom is -0.493 e. The van der Waals surface area contributed by atoms with Gasteiger partial charge in [0.05, 0.1) is 41.8 Å². The van der Waals surface area contributed by atoms with Crippen LogP contribution in [0.15, 0.2) is 36.4 Å². The molecule has 292 valence electrons. The topological polar surface area (TPSA) is 205 Å².